The van der Waals surface area contributed by atoms with E-state index in [1.165, 1.54) is 4.90 Å². The average molecular weight is 503 g/mol. The molecule has 3 aromatic rings. The van der Waals surface area contributed by atoms with Gasteiger partial charge in [-0.1, -0.05) is 13.0 Å². The van der Waals surface area contributed by atoms with E-state index in [4.69, 9.17) is 14.2 Å². The molecule has 37 heavy (non-hydrogen) atoms. The van der Waals surface area contributed by atoms with Crippen molar-refractivity contribution in [3.8, 4) is 17.2 Å². The van der Waals surface area contributed by atoms with Gasteiger partial charge in [0.1, 0.15) is 11.5 Å². The molecule has 1 saturated heterocycles. The molecule has 2 heterocycles. The van der Waals surface area contributed by atoms with Gasteiger partial charge < -0.3 is 24.2 Å². The number of aliphatic hydroxyl groups is 1. The number of amides is 1. The molecule has 4 rings (SSSR count). The zero-order valence-electron chi connectivity index (χ0n) is 21.1. The summed E-state index contributed by atoms with van der Waals surface area (Å²) in [5.41, 5.74) is 1.84. The molecule has 8 heteroatoms. The van der Waals surface area contributed by atoms with Gasteiger partial charge in [0.25, 0.3) is 11.7 Å². The van der Waals surface area contributed by atoms with E-state index in [2.05, 4.69) is 4.98 Å². The SMILES string of the molecule is CCCOc1ccc(C2C(=C(O)c3ccc(OC)cc3)C(=O)C(=O)N2Cc2ccncc2)cc1OCC. The number of pyridine rings is 1. The highest BCUT2D eigenvalue weighted by Gasteiger charge is 2.46. The smallest absolute Gasteiger partial charge is 0.295 e. The van der Waals surface area contributed by atoms with Crippen LogP contribution in [0.5, 0.6) is 17.2 Å². The summed E-state index contributed by atoms with van der Waals surface area (Å²) < 4.78 is 16.9. The highest BCUT2D eigenvalue weighted by molar-refractivity contribution is 6.46. The number of hydrogen-bond donors (Lipinski definition) is 1. The Kier molecular flexibility index (Phi) is 8.08. The van der Waals surface area contributed by atoms with Crippen LogP contribution in [0.25, 0.3) is 5.76 Å². The second-order valence-electron chi connectivity index (χ2n) is 8.50. The van der Waals surface area contributed by atoms with E-state index in [9.17, 15) is 14.7 Å². The molecule has 0 aliphatic carbocycles. The second kappa shape index (κ2) is 11.6. The van der Waals surface area contributed by atoms with Crippen LogP contribution >= 0.6 is 0 Å². The van der Waals surface area contributed by atoms with Crippen molar-refractivity contribution in [1.82, 2.24) is 9.88 Å². The molecule has 0 spiro atoms. The summed E-state index contributed by atoms with van der Waals surface area (Å²) in [4.78, 5) is 32.1. The van der Waals surface area contributed by atoms with E-state index in [1.54, 1.807) is 74.1 Å². The first-order chi connectivity index (χ1) is 18.0. The summed E-state index contributed by atoms with van der Waals surface area (Å²) in [6.07, 6.45) is 4.10. The first kappa shape index (κ1) is 25.8. The predicted molar refractivity (Wildman–Crippen MR) is 138 cm³/mol. The van der Waals surface area contributed by atoms with Gasteiger partial charge in [-0.05, 0) is 73.0 Å². The molecule has 0 radical (unpaired) electrons. The molecule has 1 atom stereocenters. The predicted octanol–water partition coefficient (Wildman–Crippen LogP) is 4.90. The molecule has 1 aliphatic heterocycles. The van der Waals surface area contributed by atoms with Crippen LogP contribution < -0.4 is 14.2 Å². The summed E-state index contributed by atoms with van der Waals surface area (Å²) in [7, 11) is 1.54. The van der Waals surface area contributed by atoms with Gasteiger partial charge in [-0.25, -0.2) is 0 Å². The number of ether oxygens (including phenoxy) is 3. The van der Waals surface area contributed by atoms with Crippen LogP contribution in [0.4, 0.5) is 0 Å². The van der Waals surface area contributed by atoms with Crippen LogP contribution in [0.15, 0.2) is 72.6 Å². The molecule has 1 N–H and O–H groups in total. The molecule has 192 valence electrons. The topological polar surface area (TPSA) is 98.2 Å². The van der Waals surface area contributed by atoms with Crippen LogP contribution in [-0.2, 0) is 16.1 Å². The van der Waals surface area contributed by atoms with Crippen molar-refractivity contribution in [1.29, 1.82) is 0 Å². The number of aliphatic hydroxyl groups excluding tert-OH is 1. The summed E-state index contributed by atoms with van der Waals surface area (Å²) in [5, 5.41) is 11.3. The lowest BCUT2D eigenvalue weighted by Gasteiger charge is -2.26. The van der Waals surface area contributed by atoms with E-state index in [-0.39, 0.29) is 17.9 Å². The van der Waals surface area contributed by atoms with Gasteiger partial charge >= 0.3 is 0 Å². The molecule has 0 saturated carbocycles. The maximum absolute atomic E-state index is 13.3. The summed E-state index contributed by atoms with van der Waals surface area (Å²) in [5.74, 6) is -0.0124. The number of Topliss-reactive ketones (excluding diaryl/α,β-unsaturated/α-hetero) is 1. The van der Waals surface area contributed by atoms with Crippen LogP contribution in [0.2, 0.25) is 0 Å². The van der Waals surface area contributed by atoms with Gasteiger partial charge in [-0.2, -0.15) is 0 Å². The lowest BCUT2D eigenvalue weighted by Crippen LogP contribution is -2.29. The van der Waals surface area contributed by atoms with Crippen molar-refractivity contribution < 1.29 is 28.9 Å². The van der Waals surface area contributed by atoms with Crippen LogP contribution in [0.1, 0.15) is 43.0 Å². The first-order valence-corrected chi connectivity index (χ1v) is 12.2. The Bertz CT molecular complexity index is 1290. The van der Waals surface area contributed by atoms with Crippen molar-refractivity contribution in [2.24, 2.45) is 0 Å². The van der Waals surface area contributed by atoms with Gasteiger partial charge in [0.15, 0.2) is 11.5 Å². The number of methoxy groups -OCH3 is 1. The van der Waals surface area contributed by atoms with E-state index in [0.717, 1.165) is 12.0 Å². The number of benzene rings is 2. The van der Waals surface area contributed by atoms with Crippen molar-refractivity contribution in [3.63, 3.8) is 0 Å². The third kappa shape index (κ3) is 5.43. The third-order valence-corrected chi connectivity index (χ3v) is 6.05. The number of rotatable bonds is 10. The number of carbonyl (C=O) groups excluding carboxylic acids is 2. The maximum atomic E-state index is 13.3. The molecule has 1 aromatic heterocycles. The molecule has 8 nitrogen and oxygen atoms in total. The number of likely N-dealkylation sites (tertiary alicyclic amines) is 1. The first-order valence-electron chi connectivity index (χ1n) is 12.2. The lowest BCUT2D eigenvalue weighted by atomic mass is 9.94. The molecule has 1 aliphatic rings. The molecular weight excluding hydrogens is 472 g/mol. The molecule has 1 fully saturated rings. The van der Waals surface area contributed by atoms with Gasteiger partial charge in [0.05, 0.1) is 31.9 Å². The second-order valence-corrected chi connectivity index (χ2v) is 8.50. The lowest BCUT2D eigenvalue weighted by molar-refractivity contribution is -0.140. The van der Waals surface area contributed by atoms with Crippen molar-refractivity contribution in [2.45, 2.75) is 32.9 Å². The van der Waals surface area contributed by atoms with Gasteiger partial charge in [0.2, 0.25) is 0 Å². The normalized spacial score (nSPS) is 16.6. The Morgan fingerprint density at radius 2 is 1.70 bits per heavy atom. The van der Waals surface area contributed by atoms with Gasteiger partial charge in [0, 0.05) is 24.5 Å². The maximum Gasteiger partial charge on any atom is 0.295 e. The van der Waals surface area contributed by atoms with E-state index in [1.807, 2.05) is 13.8 Å². The molecule has 0 bridgehead atoms. The van der Waals surface area contributed by atoms with Crippen molar-refractivity contribution >= 4 is 17.4 Å². The van der Waals surface area contributed by atoms with Gasteiger partial charge in [-0.3, -0.25) is 14.6 Å². The Labute approximate surface area is 216 Å². The Morgan fingerprint density at radius 1 is 0.973 bits per heavy atom. The fourth-order valence-electron chi connectivity index (χ4n) is 4.27. The minimum atomic E-state index is -0.838. The largest absolute Gasteiger partial charge is 0.507 e. The van der Waals surface area contributed by atoms with Crippen molar-refractivity contribution in [2.75, 3.05) is 20.3 Å². The van der Waals surface area contributed by atoms with Crippen LogP contribution in [0.3, 0.4) is 0 Å². The Hall–Kier alpha value is -4.33. The fraction of sp³-hybridized carbons (Fsp3) is 0.276. The zero-order valence-corrected chi connectivity index (χ0v) is 21.1. The quantitative estimate of drug-likeness (QED) is 0.239. The molecule has 1 unspecified atom stereocenters. The van der Waals surface area contributed by atoms with E-state index >= 15 is 0 Å². The molecule has 2 aromatic carbocycles. The number of nitrogens with zero attached hydrogens (tertiary/aromatic N) is 2. The zero-order chi connectivity index (χ0) is 26.4. The Morgan fingerprint density at radius 3 is 2.35 bits per heavy atom. The third-order valence-electron chi connectivity index (χ3n) is 6.05. The fourth-order valence-corrected chi connectivity index (χ4v) is 4.27. The minimum Gasteiger partial charge on any atom is -0.507 e. The summed E-state index contributed by atoms with van der Waals surface area (Å²) in [6.45, 7) is 4.98. The number of ketones is 1. The number of carbonyl (C=O) groups is 2. The highest BCUT2D eigenvalue weighted by atomic mass is 16.5. The van der Waals surface area contributed by atoms with E-state index in [0.29, 0.717) is 41.6 Å². The minimum absolute atomic E-state index is 0.00824. The standard InChI is InChI=1S/C29H30N2O6/c1-4-16-37-23-11-8-21(17-24(23)36-5-2)26-25(27(32)20-6-9-22(35-3)10-7-20)28(33)29(34)31(26)18-19-12-14-30-15-13-19/h6-15,17,26,32H,4-5,16,18H2,1-3H3. The average Bonchev–Trinajstić information content (AvgIpc) is 3.17. The van der Waals surface area contributed by atoms with Crippen LogP contribution in [-0.4, -0.2) is 47.0 Å². The van der Waals surface area contributed by atoms with E-state index < -0.39 is 17.7 Å². The monoisotopic (exact) mass is 502 g/mol. The van der Waals surface area contributed by atoms with Crippen LogP contribution in [0, 0.1) is 0 Å². The molecular formula is C29H30N2O6. The number of hydrogen-bond acceptors (Lipinski definition) is 7. The Balaban J connectivity index is 1.85. The highest BCUT2D eigenvalue weighted by Crippen LogP contribution is 2.43. The number of aromatic nitrogens is 1. The summed E-state index contributed by atoms with van der Waals surface area (Å²) >= 11 is 0. The van der Waals surface area contributed by atoms with Crippen molar-refractivity contribution in [3.05, 3.63) is 89.3 Å². The van der Waals surface area contributed by atoms with Gasteiger partial charge in [-0.15, -0.1) is 0 Å². The summed E-state index contributed by atoms with van der Waals surface area (Å²) in [6, 6.07) is 14.7. The molecule has 1 amide bonds.